The van der Waals surface area contributed by atoms with Gasteiger partial charge >= 0.3 is 0 Å². The molecule has 0 aliphatic heterocycles. The van der Waals surface area contributed by atoms with Crippen molar-refractivity contribution in [2.75, 3.05) is 0 Å². The summed E-state index contributed by atoms with van der Waals surface area (Å²) >= 11 is 0. The molecule has 0 atom stereocenters. The Bertz CT molecular complexity index is 506. The Balaban J connectivity index is 2.28. The predicted octanol–water partition coefficient (Wildman–Crippen LogP) is 2.32. The summed E-state index contributed by atoms with van der Waals surface area (Å²) in [6.45, 7) is 7.68. The van der Waals surface area contributed by atoms with Crippen LogP contribution in [0.4, 0.5) is 0 Å². The van der Waals surface area contributed by atoms with Crippen LogP contribution < -0.4 is 5.73 Å². The third-order valence-electron chi connectivity index (χ3n) is 3.04. The quantitative estimate of drug-likeness (QED) is 0.877. The van der Waals surface area contributed by atoms with Crippen molar-refractivity contribution >= 4 is 0 Å². The van der Waals surface area contributed by atoms with E-state index >= 15 is 0 Å². The van der Waals surface area contributed by atoms with Gasteiger partial charge in [0.15, 0.2) is 0 Å². The maximum Gasteiger partial charge on any atom is 0.0662 e. The highest BCUT2D eigenvalue weighted by Crippen LogP contribution is 2.13. The van der Waals surface area contributed by atoms with E-state index in [4.69, 9.17) is 5.73 Å². The topological polar surface area (TPSA) is 43.8 Å². The molecule has 0 amide bonds. The van der Waals surface area contributed by atoms with E-state index in [9.17, 15) is 0 Å². The fraction of sp³-hybridized carbons (Fsp3) is 0.357. The van der Waals surface area contributed by atoms with Gasteiger partial charge in [-0.1, -0.05) is 29.3 Å². The van der Waals surface area contributed by atoms with Crippen LogP contribution in [-0.2, 0) is 13.1 Å². The number of hydrogen-bond acceptors (Lipinski definition) is 2. The minimum absolute atomic E-state index is 0.554. The van der Waals surface area contributed by atoms with Crippen molar-refractivity contribution in [3.63, 3.8) is 0 Å². The average molecular weight is 229 g/mol. The minimum atomic E-state index is 0.554. The first-order chi connectivity index (χ1) is 8.10. The van der Waals surface area contributed by atoms with Crippen molar-refractivity contribution in [1.29, 1.82) is 0 Å². The molecule has 3 nitrogen and oxygen atoms in total. The zero-order valence-corrected chi connectivity index (χ0v) is 10.7. The zero-order chi connectivity index (χ0) is 12.4. The van der Waals surface area contributed by atoms with Crippen LogP contribution in [0.25, 0.3) is 0 Å². The van der Waals surface area contributed by atoms with Crippen LogP contribution in [-0.4, -0.2) is 9.78 Å². The lowest BCUT2D eigenvalue weighted by Crippen LogP contribution is -2.06. The standard InChI is InChI=1S/C14H19N3/c1-10-4-11(2)6-13(5-10)9-17-12(3)14(7-15)8-16-17/h4-6,8H,7,9,15H2,1-3H3. The second kappa shape index (κ2) is 4.72. The molecule has 0 saturated carbocycles. The van der Waals surface area contributed by atoms with Gasteiger partial charge in [0.05, 0.1) is 12.7 Å². The van der Waals surface area contributed by atoms with Gasteiger partial charge in [-0.2, -0.15) is 5.10 Å². The summed E-state index contributed by atoms with van der Waals surface area (Å²) in [5.41, 5.74) is 11.8. The molecule has 0 saturated heterocycles. The lowest BCUT2D eigenvalue weighted by Gasteiger charge is -2.07. The van der Waals surface area contributed by atoms with Crippen LogP contribution >= 0.6 is 0 Å². The van der Waals surface area contributed by atoms with Crippen LogP contribution in [0.15, 0.2) is 24.4 Å². The fourth-order valence-corrected chi connectivity index (χ4v) is 2.18. The van der Waals surface area contributed by atoms with E-state index in [0.717, 1.165) is 17.8 Å². The third-order valence-corrected chi connectivity index (χ3v) is 3.04. The molecule has 2 N–H and O–H groups in total. The van der Waals surface area contributed by atoms with Gasteiger partial charge in [-0.25, -0.2) is 0 Å². The summed E-state index contributed by atoms with van der Waals surface area (Å²) in [5, 5.41) is 4.38. The highest BCUT2D eigenvalue weighted by atomic mass is 15.3. The Labute approximate surface area is 102 Å². The number of hydrogen-bond donors (Lipinski definition) is 1. The average Bonchev–Trinajstić information content (AvgIpc) is 2.58. The molecule has 0 fully saturated rings. The van der Waals surface area contributed by atoms with Gasteiger partial charge in [-0.15, -0.1) is 0 Å². The summed E-state index contributed by atoms with van der Waals surface area (Å²) in [7, 11) is 0. The molecule has 0 bridgehead atoms. The first-order valence-electron chi connectivity index (χ1n) is 5.88. The number of nitrogens with two attached hydrogens (primary N) is 1. The molecule has 0 radical (unpaired) electrons. The van der Waals surface area contributed by atoms with Gasteiger partial charge in [-0.3, -0.25) is 4.68 Å². The van der Waals surface area contributed by atoms with E-state index in [2.05, 4.69) is 44.1 Å². The molecule has 17 heavy (non-hydrogen) atoms. The molecular weight excluding hydrogens is 210 g/mol. The van der Waals surface area contributed by atoms with Crippen molar-refractivity contribution < 1.29 is 0 Å². The lowest BCUT2D eigenvalue weighted by molar-refractivity contribution is 0.663. The Kier molecular flexibility index (Phi) is 3.29. The summed E-state index contributed by atoms with van der Waals surface area (Å²) in [6, 6.07) is 6.59. The van der Waals surface area contributed by atoms with Crippen LogP contribution in [0, 0.1) is 20.8 Å². The smallest absolute Gasteiger partial charge is 0.0662 e. The predicted molar refractivity (Wildman–Crippen MR) is 69.9 cm³/mol. The fourth-order valence-electron chi connectivity index (χ4n) is 2.18. The van der Waals surface area contributed by atoms with Crippen molar-refractivity contribution in [1.82, 2.24) is 9.78 Å². The van der Waals surface area contributed by atoms with Crippen molar-refractivity contribution in [2.24, 2.45) is 5.73 Å². The van der Waals surface area contributed by atoms with Gasteiger partial charge < -0.3 is 5.73 Å². The maximum absolute atomic E-state index is 5.65. The number of aromatic nitrogens is 2. The highest BCUT2D eigenvalue weighted by molar-refractivity contribution is 5.29. The van der Waals surface area contributed by atoms with Crippen molar-refractivity contribution in [3.05, 3.63) is 52.3 Å². The molecule has 2 rings (SSSR count). The van der Waals surface area contributed by atoms with Gasteiger partial charge in [0.25, 0.3) is 0 Å². The summed E-state index contributed by atoms with van der Waals surface area (Å²) in [4.78, 5) is 0. The number of nitrogens with zero attached hydrogens (tertiary/aromatic N) is 2. The molecule has 1 aromatic heterocycles. The van der Waals surface area contributed by atoms with Gasteiger partial charge in [0.2, 0.25) is 0 Å². The highest BCUT2D eigenvalue weighted by Gasteiger charge is 2.05. The molecule has 1 aromatic carbocycles. The first kappa shape index (κ1) is 11.9. The van der Waals surface area contributed by atoms with E-state index in [-0.39, 0.29) is 0 Å². The lowest BCUT2D eigenvalue weighted by atomic mass is 10.1. The Morgan fingerprint density at radius 2 is 1.76 bits per heavy atom. The second-order valence-electron chi connectivity index (χ2n) is 4.61. The second-order valence-corrected chi connectivity index (χ2v) is 4.61. The summed E-state index contributed by atoms with van der Waals surface area (Å²) in [5.74, 6) is 0. The molecule has 2 aromatic rings. The van der Waals surface area contributed by atoms with E-state index in [0.29, 0.717) is 6.54 Å². The summed E-state index contributed by atoms with van der Waals surface area (Å²) in [6.07, 6.45) is 1.86. The summed E-state index contributed by atoms with van der Waals surface area (Å²) < 4.78 is 2.01. The molecule has 0 unspecified atom stereocenters. The van der Waals surface area contributed by atoms with Crippen LogP contribution in [0.3, 0.4) is 0 Å². The van der Waals surface area contributed by atoms with E-state index in [1.165, 1.54) is 16.7 Å². The van der Waals surface area contributed by atoms with Gasteiger partial charge in [0, 0.05) is 17.8 Å². The SMILES string of the molecule is Cc1cc(C)cc(Cn2ncc(CN)c2C)c1. The molecule has 0 aliphatic rings. The number of aryl methyl sites for hydroxylation is 2. The van der Waals surface area contributed by atoms with E-state index in [1.54, 1.807) is 0 Å². The van der Waals surface area contributed by atoms with E-state index in [1.807, 2.05) is 10.9 Å². The van der Waals surface area contributed by atoms with Gasteiger partial charge in [-0.05, 0) is 26.3 Å². The first-order valence-corrected chi connectivity index (χ1v) is 5.88. The monoisotopic (exact) mass is 229 g/mol. The largest absolute Gasteiger partial charge is 0.326 e. The van der Waals surface area contributed by atoms with Crippen LogP contribution in [0.1, 0.15) is 27.9 Å². The van der Waals surface area contributed by atoms with Crippen molar-refractivity contribution in [3.8, 4) is 0 Å². The normalized spacial score (nSPS) is 10.8. The van der Waals surface area contributed by atoms with Gasteiger partial charge in [0.1, 0.15) is 0 Å². The molecule has 0 aliphatic carbocycles. The Morgan fingerprint density at radius 1 is 1.12 bits per heavy atom. The van der Waals surface area contributed by atoms with Crippen LogP contribution in [0.2, 0.25) is 0 Å². The Morgan fingerprint density at radius 3 is 2.29 bits per heavy atom. The molecule has 3 heteroatoms. The number of rotatable bonds is 3. The maximum atomic E-state index is 5.65. The minimum Gasteiger partial charge on any atom is -0.326 e. The van der Waals surface area contributed by atoms with Crippen molar-refractivity contribution in [2.45, 2.75) is 33.9 Å². The molecule has 0 spiro atoms. The van der Waals surface area contributed by atoms with E-state index < -0.39 is 0 Å². The number of benzene rings is 1. The third kappa shape index (κ3) is 2.56. The molecule has 90 valence electrons. The molecular formula is C14H19N3. The molecule has 1 heterocycles. The van der Waals surface area contributed by atoms with Crippen LogP contribution in [0.5, 0.6) is 0 Å². The zero-order valence-electron chi connectivity index (χ0n) is 10.7. The Hall–Kier alpha value is -1.61.